The Labute approximate surface area is 109 Å². The molecular formula is C12H12ClFN2S. The zero-order valence-electron chi connectivity index (χ0n) is 9.07. The van der Waals surface area contributed by atoms with E-state index < -0.39 is 0 Å². The van der Waals surface area contributed by atoms with Gasteiger partial charge in [-0.3, -0.25) is 0 Å². The number of hydrogen-bond acceptors (Lipinski definition) is 3. The summed E-state index contributed by atoms with van der Waals surface area (Å²) in [4.78, 5) is 5.92. The van der Waals surface area contributed by atoms with E-state index in [2.05, 4.69) is 10.3 Å². The van der Waals surface area contributed by atoms with E-state index in [1.165, 1.54) is 22.7 Å². The predicted octanol–water partition coefficient (Wildman–Crippen LogP) is 3.02. The summed E-state index contributed by atoms with van der Waals surface area (Å²) < 4.78 is 12.8. The van der Waals surface area contributed by atoms with Crippen LogP contribution in [0.1, 0.15) is 10.6 Å². The molecule has 1 aliphatic rings. The molecule has 2 heterocycles. The molecular weight excluding hydrogens is 259 g/mol. The smallest absolute Gasteiger partial charge is 0.123 e. The van der Waals surface area contributed by atoms with Crippen molar-refractivity contribution in [2.75, 3.05) is 6.54 Å². The van der Waals surface area contributed by atoms with Crippen molar-refractivity contribution < 1.29 is 4.39 Å². The minimum Gasteiger partial charge on any atom is -0.311 e. The van der Waals surface area contributed by atoms with Crippen LogP contribution in [0.5, 0.6) is 0 Å². The summed E-state index contributed by atoms with van der Waals surface area (Å²) in [5.74, 6) is -0.202. The highest BCUT2D eigenvalue weighted by Crippen LogP contribution is 2.29. The number of rotatable bonds is 1. The summed E-state index contributed by atoms with van der Waals surface area (Å²) in [6.07, 6.45) is 0.993. The largest absolute Gasteiger partial charge is 0.311 e. The zero-order chi connectivity index (χ0) is 11.0. The average molecular weight is 271 g/mol. The van der Waals surface area contributed by atoms with Crippen LogP contribution in [0.4, 0.5) is 4.39 Å². The third kappa shape index (κ3) is 2.49. The number of thiazole rings is 1. The maximum Gasteiger partial charge on any atom is 0.123 e. The van der Waals surface area contributed by atoms with Gasteiger partial charge in [0.25, 0.3) is 0 Å². The topological polar surface area (TPSA) is 24.9 Å². The van der Waals surface area contributed by atoms with E-state index in [0.29, 0.717) is 0 Å². The van der Waals surface area contributed by atoms with Gasteiger partial charge in [0, 0.05) is 30.0 Å². The lowest BCUT2D eigenvalue weighted by Gasteiger charge is -2.09. The highest BCUT2D eigenvalue weighted by Gasteiger charge is 2.15. The van der Waals surface area contributed by atoms with Crippen molar-refractivity contribution in [3.8, 4) is 10.6 Å². The molecule has 2 aromatic rings. The van der Waals surface area contributed by atoms with E-state index >= 15 is 0 Å². The summed E-state index contributed by atoms with van der Waals surface area (Å²) in [5, 5.41) is 4.32. The monoisotopic (exact) mass is 270 g/mol. The molecule has 3 rings (SSSR count). The molecule has 1 aliphatic heterocycles. The predicted molar refractivity (Wildman–Crippen MR) is 70.2 cm³/mol. The first-order valence-corrected chi connectivity index (χ1v) is 6.10. The number of halogens is 2. The Bertz CT molecular complexity index is 486. The van der Waals surface area contributed by atoms with Gasteiger partial charge >= 0.3 is 0 Å². The Hall–Kier alpha value is -0.970. The molecule has 0 amide bonds. The van der Waals surface area contributed by atoms with Gasteiger partial charge in [0.1, 0.15) is 10.8 Å². The zero-order valence-corrected chi connectivity index (χ0v) is 10.7. The fraction of sp³-hybridized carbons (Fsp3) is 0.250. The van der Waals surface area contributed by atoms with Crippen LogP contribution in [0.15, 0.2) is 24.3 Å². The molecule has 0 radical (unpaired) electrons. The maximum absolute atomic E-state index is 12.8. The molecule has 0 atom stereocenters. The van der Waals surface area contributed by atoms with Gasteiger partial charge in [-0.15, -0.1) is 23.7 Å². The van der Waals surface area contributed by atoms with Gasteiger partial charge in [-0.2, -0.15) is 0 Å². The molecule has 0 aliphatic carbocycles. The Balaban J connectivity index is 0.00000108. The third-order valence-electron chi connectivity index (χ3n) is 2.69. The minimum atomic E-state index is -0.202. The first-order chi connectivity index (χ1) is 7.83. The standard InChI is InChI=1S/C12H11FN2S.ClH/c13-9-3-1-8(2-4-9)12-15-10-5-6-14-7-11(10)16-12;/h1-4,14H,5-7H2;1H. The first-order valence-electron chi connectivity index (χ1n) is 5.28. The van der Waals surface area contributed by atoms with Gasteiger partial charge in [-0.25, -0.2) is 9.37 Å². The molecule has 90 valence electrons. The summed E-state index contributed by atoms with van der Waals surface area (Å²) in [5.41, 5.74) is 2.20. The van der Waals surface area contributed by atoms with E-state index in [-0.39, 0.29) is 18.2 Å². The molecule has 17 heavy (non-hydrogen) atoms. The van der Waals surface area contributed by atoms with Crippen molar-refractivity contribution in [3.05, 3.63) is 40.7 Å². The van der Waals surface area contributed by atoms with Crippen molar-refractivity contribution in [2.45, 2.75) is 13.0 Å². The van der Waals surface area contributed by atoms with Gasteiger partial charge in [-0.1, -0.05) is 0 Å². The highest BCUT2D eigenvalue weighted by atomic mass is 35.5. The highest BCUT2D eigenvalue weighted by molar-refractivity contribution is 7.15. The lowest BCUT2D eigenvalue weighted by Crippen LogP contribution is -2.22. The normalized spacial score (nSPS) is 13.9. The van der Waals surface area contributed by atoms with E-state index in [4.69, 9.17) is 0 Å². The van der Waals surface area contributed by atoms with Crippen molar-refractivity contribution in [3.63, 3.8) is 0 Å². The van der Waals surface area contributed by atoms with E-state index in [1.807, 2.05) is 0 Å². The van der Waals surface area contributed by atoms with Gasteiger partial charge in [-0.05, 0) is 24.3 Å². The number of hydrogen-bond donors (Lipinski definition) is 1. The average Bonchev–Trinajstić information content (AvgIpc) is 2.73. The van der Waals surface area contributed by atoms with Crippen LogP contribution < -0.4 is 5.32 Å². The van der Waals surface area contributed by atoms with Gasteiger partial charge < -0.3 is 5.32 Å². The molecule has 1 aromatic carbocycles. The molecule has 0 spiro atoms. The Morgan fingerprint density at radius 2 is 2.00 bits per heavy atom. The molecule has 0 fully saturated rings. The second-order valence-electron chi connectivity index (χ2n) is 3.82. The maximum atomic E-state index is 12.8. The van der Waals surface area contributed by atoms with Crippen LogP contribution in [0.2, 0.25) is 0 Å². The molecule has 2 nitrogen and oxygen atoms in total. The molecule has 1 N–H and O–H groups in total. The minimum absolute atomic E-state index is 0. The molecule has 0 saturated carbocycles. The number of benzene rings is 1. The number of nitrogens with one attached hydrogen (secondary N) is 1. The van der Waals surface area contributed by atoms with E-state index in [1.54, 1.807) is 23.5 Å². The SMILES string of the molecule is Cl.Fc1ccc(-c2nc3c(s2)CNCC3)cc1. The van der Waals surface area contributed by atoms with Crippen LogP contribution in [0, 0.1) is 5.82 Å². The van der Waals surface area contributed by atoms with Crippen molar-refractivity contribution in [1.82, 2.24) is 10.3 Å². The van der Waals surface area contributed by atoms with Gasteiger partial charge in [0.05, 0.1) is 5.69 Å². The first kappa shape index (κ1) is 12.5. The summed E-state index contributed by atoms with van der Waals surface area (Å²) in [6.45, 7) is 1.91. The lowest BCUT2D eigenvalue weighted by atomic mass is 10.2. The Morgan fingerprint density at radius 1 is 1.24 bits per heavy atom. The van der Waals surface area contributed by atoms with Gasteiger partial charge in [0.2, 0.25) is 0 Å². The molecule has 0 bridgehead atoms. The quantitative estimate of drug-likeness (QED) is 0.862. The van der Waals surface area contributed by atoms with Crippen LogP contribution in [0.25, 0.3) is 10.6 Å². The number of aromatic nitrogens is 1. The molecule has 5 heteroatoms. The van der Waals surface area contributed by atoms with Crippen LogP contribution in [-0.2, 0) is 13.0 Å². The third-order valence-corrected chi connectivity index (χ3v) is 3.84. The van der Waals surface area contributed by atoms with Gasteiger partial charge in [0.15, 0.2) is 0 Å². The summed E-state index contributed by atoms with van der Waals surface area (Å²) in [7, 11) is 0. The second kappa shape index (κ2) is 5.12. The summed E-state index contributed by atoms with van der Waals surface area (Å²) >= 11 is 1.70. The lowest BCUT2D eigenvalue weighted by molar-refractivity contribution is 0.628. The van der Waals surface area contributed by atoms with Crippen LogP contribution in [-0.4, -0.2) is 11.5 Å². The fourth-order valence-electron chi connectivity index (χ4n) is 1.84. The van der Waals surface area contributed by atoms with Crippen LogP contribution >= 0.6 is 23.7 Å². The van der Waals surface area contributed by atoms with Crippen LogP contribution in [0.3, 0.4) is 0 Å². The van der Waals surface area contributed by atoms with E-state index in [0.717, 1.165) is 30.1 Å². The second-order valence-corrected chi connectivity index (χ2v) is 4.91. The van der Waals surface area contributed by atoms with Crippen molar-refractivity contribution in [1.29, 1.82) is 0 Å². The fourth-order valence-corrected chi connectivity index (χ4v) is 2.92. The summed E-state index contributed by atoms with van der Waals surface area (Å²) in [6, 6.07) is 6.53. The number of nitrogens with zero attached hydrogens (tertiary/aromatic N) is 1. The van der Waals surface area contributed by atoms with Crippen molar-refractivity contribution in [2.24, 2.45) is 0 Å². The molecule has 0 unspecified atom stereocenters. The Kier molecular flexibility index (Phi) is 3.76. The molecule has 0 saturated heterocycles. The molecule has 1 aromatic heterocycles. The van der Waals surface area contributed by atoms with E-state index in [9.17, 15) is 4.39 Å². The Morgan fingerprint density at radius 3 is 2.71 bits per heavy atom. The van der Waals surface area contributed by atoms with Crippen molar-refractivity contribution >= 4 is 23.7 Å². The number of fused-ring (bicyclic) bond motifs is 1.